The van der Waals surface area contributed by atoms with Gasteiger partial charge in [0.15, 0.2) is 11.5 Å². The van der Waals surface area contributed by atoms with E-state index in [9.17, 15) is 0 Å². The summed E-state index contributed by atoms with van der Waals surface area (Å²) in [5, 5.41) is 15.9. The number of hydrogen-bond acceptors (Lipinski definition) is 7. The molecular weight excluding hydrogens is 404 g/mol. The van der Waals surface area contributed by atoms with E-state index in [1.54, 1.807) is 4.52 Å². The van der Waals surface area contributed by atoms with E-state index >= 15 is 0 Å². The fourth-order valence-corrected chi connectivity index (χ4v) is 4.56. The lowest BCUT2D eigenvalue weighted by Gasteiger charge is -2.56. The van der Waals surface area contributed by atoms with Crippen molar-refractivity contribution in [2.75, 3.05) is 36.5 Å². The summed E-state index contributed by atoms with van der Waals surface area (Å²) in [5.41, 5.74) is 6.01. The van der Waals surface area contributed by atoms with Crippen molar-refractivity contribution in [2.45, 2.75) is 0 Å². The number of H-pyrrole nitrogens is 1. The maximum Gasteiger partial charge on any atom is 0.198 e. The molecule has 2 aliphatic heterocycles. The van der Waals surface area contributed by atoms with Crippen LogP contribution in [0.3, 0.4) is 0 Å². The van der Waals surface area contributed by atoms with E-state index in [1.165, 1.54) is 12.0 Å². The molecule has 0 atom stereocenters. The molecule has 2 aliphatic rings. The molecule has 2 N–H and O–H groups in total. The van der Waals surface area contributed by atoms with Crippen molar-refractivity contribution in [2.24, 2.45) is 5.41 Å². The minimum absolute atomic E-state index is 0.403. The van der Waals surface area contributed by atoms with E-state index in [-0.39, 0.29) is 0 Å². The Bertz CT molecular complexity index is 1440. The number of aromatic amines is 1. The summed E-state index contributed by atoms with van der Waals surface area (Å²) >= 11 is 0. The van der Waals surface area contributed by atoms with Crippen LogP contribution < -0.4 is 10.2 Å². The standard InChI is InChI=1S/C23H20N8O/c1-2-16-8-25-29-19(16)7-15(1)20-9-31-22(24-14-26-31)21(28-20)27-17-3-5-18(6-4-17)30-10-23(11-30)12-32-13-23/h1-9,14H,10-13H2,(H,25,29)(H,27,28). The topological polar surface area (TPSA) is 96.3 Å². The van der Waals surface area contributed by atoms with Gasteiger partial charge in [-0.2, -0.15) is 10.2 Å². The van der Waals surface area contributed by atoms with Gasteiger partial charge in [0.2, 0.25) is 0 Å². The van der Waals surface area contributed by atoms with Crippen LogP contribution in [0.2, 0.25) is 0 Å². The lowest BCUT2D eigenvalue weighted by molar-refractivity contribution is -0.127. The molecule has 3 aromatic heterocycles. The summed E-state index contributed by atoms with van der Waals surface area (Å²) < 4.78 is 7.12. The lowest BCUT2D eigenvalue weighted by atomic mass is 9.78. The first-order valence-electron chi connectivity index (χ1n) is 10.6. The zero-order valence-electron chi connectivity index (χ0n) is 17.2. The average molecular weight is 424 g/mol. The Balaban J connectivity index is 1.19. The van der Waals surface area contributed by atoms with Crippen LogP contribution in [-0.2, 0) is 4.74 Å². The van der Waals surface area contributed by atoms with Crippen molar-refractivity contribution in [3.05, 3.63) is 61.2 Å². The molecule has 0 bridgehead atoms. The van der Waals surface area contributed by atoms with Gasteiger partial charge in [-0.3, -0.25) is 5.10 Å². The highest BCUT2D eigenvalue weighted by Crippen LogP contribution is 2.40. The molecule has 32 heavy (non-hydrogen) atoms. The fraction of sp³-hybridized carbons (Fsp3) is 0.217. The second kappa shape index (κ2) is 6.51. The molecule has 158 valence electrons. The Hall–Kier alpha value is -3.98. The first kappa shape index (κ1) is 17.7. The van der Waals surface area contributed by atoms with Crippen molar-refractivity contribution in [3.8, 4) is 11.3 Å². The van der Waals surface area contributed by atoms with Crippen LogP contribution in [0.4, 0.5) is 17.2 Å². The van der Waals surface area contributed by atoms with Gasteiger partial charge in [-0.1, -0.05) is 12.1 Å². The molecule has 5 aromatic rings. The molecule has 2 aromatic carbocycles. The van der Waals surface area contributed by atoms with Crippen LogP contribution in [0.25, 0.3) is 27.8 Å². The van der Waals surface area contributed by atoms with Crippen LogP contribution in [0.1, 0.15) is 0 Å². The number of benzene rings is 2. The first-order valence-corrected chi connectivity index (χ1v) is 10.6. The first-order chi connectivity index (χ1) is 15.7. The van der Waals surface area contributed by atoms with Gasteiger partial charge < -0.3 is 15.0 Å². The Kier molecular flexibility index (Phi) is 3.59. The van der Waals surface area contributed by atoms with Gasteiger partial charge in [0.05, 0.1) is 42.2 Å². The van der Waals surface area contributed by atoms with Gasteiger partial charge in [0.1, 0.15) is 6.33 Å². The predicted molar refractivity (Wildman–Crippen MR) is 121 cm³/mol. The number of anilines is 3. The molecule has 0 saturated carbocycles. The third-order valence-electron chi connectivity index (χ3n) is 6.36. The lowest BCUT2D eigenvalue weighted by Crippen LogP contribution is -2.66. The SMILES string of the molecule is c1nc2c(Nc3ccc(N4CC5(COC5)C4)cc3)nc(-c3ccc4cn[nH]c4c3)cn2n1. The molecule has 2 saturated heterocycles. The minimum Gasteiger partial charge on any atom is -0.380 e. The van der Waals surface area contributed by atoms with Gasteiger partial charge in [-0.15, -0.1) is 0 Å². The zero-order valence-corrected chi connectivity index (χ0v) is 17.2. The van der Waals surface area contributed by atoms with Crippen molar-refractivity contribution in [1.29, 1.82) is 0 Å². The number of rotatable bonds is 4. The normalized spacial score (nSPS) is 16.9. The average Bonchev–Trinajstić information content (AvgIpc) is 3.41. The Morgan fingerprint density at radius 1 is 1.06 bits per heavy atom. The van der Waals surface area contributed by atoms with Crippen LogP contribution >= 0.6 is 0 Å². The molecule has 5 heterocycles. The number of fused-ring (bicyclic) bond motifs is 2. The summed E-state index contributed by atoms with van der Waals surface area (Å²) in [6.07, 6.45) is 5.23. The number of aromatic nitrogens is 6. The molecular formula is C23H20N8O. The van der Waals surface area contributed by atoms with Gasteiger partial charge in [0, 0.05) is 35.4 Å². The van der Waals surface area contributed by atoms with Crippen molar-refractivity contribution < 1.29 is 4.74 Å². The van der Waals surface area contributed by atoms with Gasteiger partial charge in [-0.05, 0) is 30.3 Å². The van der Waals surface area contributed by atoms with Gasteiger partial charge >= 0.3 is 0 Å². The highest BCUT2D eigenvalue weighted by atomic mass is 16.5. The molecule has 0 aliphatic carbocycles. The highest BCUT2D eigenvalue weighted by Gasteiger charge is 2.48. The van der Waals surface area contributed by atoms with E-state index in [4.69, 9.17) is 9.72 Å². The molecule has 0 radical (unpaired) electrons. The quantitative estimate of drug-likeness (QED) is 0.457. The van der Waals surface area contributed by atoms with Crippen LogP contribution in [0, 0.1) is 5.41 Å². The summed E-state index contributed by atoms with van der Waals surface area (Å²) in [4.78, 5) is 11.6. The van der Waals surface area contributed by atoms with Crippen molar-refractivity contribution in [3.63, 3.8) is 0 Å². The Labute approximate surface area is 183 Å². The van der Waals surface area contributed by atoms with E-state index in [1.807, 2.05) is 30.6 Å². The number of hydrogen-bond donors (Lipinski definition) is 2. The third-order valence-corrected chi connectivity index (χ3v) is 6.36. The van der Waals surface area contributed by atoms with E-state index < -0.39 is 0 Å². The van der Waals surface area contributed by atoms with E-state index in [2.05, 4.69) is 54.8 Å². The highest BCUT2D eigenvalue weighted by molar-refractivity contribution is 5.83. The molecule has 1 spiro atoms. The maximum absolute atomic E-state index is 5.38. The largest absolute Gasteiger partial charge is 0.380 e. The summed E-state index contributed by atoms with van der Waals surface area (Å²) in [6.45, 7) is 3.94. The Morgan fingerprint density at radius 2 is 1.94 bits per heavy atom. The van der Waals surface area contributed by atoms with Gasteiger partial charge in [-0.25, -0.2) is 14.5 Å². The molecule has 7 rings (SSSR count). The number of nitrogens with one attached hydrogen (secondary N) is 2. The van der Waals surface area contributed by atoms with Gasteiger partial charge in [0.25, 0.3) is 0 Å². The number of ether oxygens (including phenoxy) is 1. The van der Waals surface area contributed by atoms with Crippen LogP contribution in [-0.4, -0.2) is 56.1 Å². The second-order valence-electron chi connectivity index (χ2n) is 8.70. The Morgan fingerprint density at radius 3 is 2.75 bits per heavy atom. The molecule has 0 unspecified atom stereocenters. The van der Waals surface area contributed by atoms with Crippen LogP contribution in [0.15, 0.2) is 61.2 Å². The summed E-state index contributed by atoms with van der Waals surface area (Å²) in [5.74, 6) is 0.659. The third kappa shape index (κ3) is 2.75. The second-order valence-corrected chi connectivity index (χ2v) is 8.70. The molecule has 0 amide bonds. The van der Waals surface area contributed by atoms with Crippen molar-refractivity contribution >= 4 is 33.7 Å². The molecule has 9 nitrogen and oxygen atoms in total. The summed E-state index contributed by atoms with van der Waals surface area (Å²) in [6, 6.07) is 14.6. The molecule has 9 heteroatoms. The van der Waals surface area contributed by atoms with E-state index in [0.717, 1.165) is 54.2 Å². The number of nitrogens with zero attached hydrogens (tertiary/aromatic N) is 6. The maximum atomic E-state index is 5.38. The summed E-state index contributed by atoms with van der Waals surface area (Å²) in [7, 11) is 0. The molecule has 2 fully saturated rings. The fourth-order valence-electron chi connectivity index (χ4n) is 4.56. The predicted octanol–water partition coefficient (Wildman–Crippen LogP) is 3.25. The monoisotopic (exact) mass is 424 g/mol. The van der Waals surface area contributed by atoms with Crippen LogP contribution in [0.5, 0.6) is 0 Å². The van der Waals surface area contributed by atoms with E-state index in [0.29, 0.717) is 16.9 Å². The smallest absolute Gasteiger partial charge is 0.198 e. The zero-order chi connectivity index (χ0) is 21.1. The minimum atomic E-state index is 0.403. The van der Waals surface area contributed by atoms with Crippen molar-refractivity contribution in [1.82, 2.24) is 29.8 Å².